The summed E-state index contributed by atoms with van der Waals surface area (Å²) >= 11 is 5.84. The Morgan fingerprint density at radius 3 is 3.00 bits per heavy atom. The number of carbonyl (C=O) groups excluding carboxylic acids is 1. The first kappa shape index (κ1) is 12.8. The van der Waals surface area contributed by atoms with Gasteiger partial charge in [-0.15, -0.1) is 0 Å². The van der Waals surface area contributed by atoms with Crippen molar-refractivity contribution < 1.29 is 4.79 Å². The van der Waals surface area contributed by atoms with Gasteiger partial charge in [0.1, 0.15) is 0 Å². The summed E-state index contributed by atoms with van der Waals surface area (Å²) in [5, 5.41) is 7.07. The number of hydrogen-bond acceptors (Lipinski definition) is 3. The van der Waals surface area contributed by atoms with Gasteiger partial charge in [-0.3, -0.25) is 4.79 Å². The second-order valence-electron chi connectivity index (χ2n) is 5.47. The van der Waals surface area contributed by atoms with Crippen LogP contribution in [0.2, 0.25) is 5.02 Å². The summed E-state index contributed by atoms with van der Waals surface area (Å²) in [4.78, 5) is 12.3. The van der Waals surface area contributed by atoms with Gasteiger partial charge in [0.25, 0.3) is 5.91 Å². The number of amides is 1. The van der Waals surface area contributed by atoms with Crippen LogP contribution in [-0.2, 0) is 0 Å². The maximum absolute atomic E-state index is 12.3. The van der Waals surface area contributed by atoms with Crippen molar-refractivity contribution >= 4 is 23.2 Å². The lowest BCUT2D eigenvalue weighted by Crippen LogP contribution is -2.39. The van der Waals surface area contributed by atoms with Crippen LogP contribution >= 0.6 is 11.6 Å². The molecule has 1 saturated carbocycles. The molecule has 2 aliphatic rings. The van der Waals surface area contributed by atoms with Gasteiger partial charge in [0, 0.05) is 23.3 Å². The van der Waals surface area contributed by atoms with E-state index < -0.39 is 0 Å². The number of nitrogens with two attached hydrogens (primary N) is 1. The number of fused-ring (bicyclic) bond motifs is 1. The molecule has 0 spiro atoms. The Morgan fingerprint density at radius 2 is 2.21 bits per heavy atom. The van der Waals surface area contributed by atoms with E-state index in [0.29, 0.717) is 28.1 Å². The third kappa shape index (κ3) is 2.42. The van der Waals surface area contributed by atoms with E-state index in [9.17, 15) is 4.79 Å². The molecular weight excluding hydrogens is 262 g/mol. The predicted molar refractivity (Wildman–Crippen MR) is 76.2 cm³/mol. The van der Waals surface area contributed by atoms with Crippen LogP contribution in [0.15, 0.2) is 18.2 Å². The van der Waals surface area contributed by atoms with E-state index in [0.717, 1.165) is 19.5 Å². The molecule has 1 aliphatic carbocycles. The number of nitrogen functional groups attached to an aromatic ring is 1. The molecule has 1 aromatic carbocycles. The molecule has 0 bridgehead atoms. The molecule has 1 amide bonds. The van der Waals surface area contributed by atoms with E-state index in [4.69, 9.17) is 17.3 Å². The molecule has 3 rings (SSSR count). The summed E-state index contributed by atoms with van der Waals surface area (Å²) in [6.45, 7) is 2.09. The normalized spacial score (nSPS) is 29.2. The zero-order valence-electron chi connectivity index (χ0n) is 10.7. The fourth-order valence-electron chi connectivity index (χ4n) is 3.31. The average molecular weight is 280 g/mol. The molecule has 19 heavy (non-hydrogen) atoms. The van der Waals surface area contributed by atoms with Crippen LogP contribution in [0, 0.1) is 11.8 Å². The Kier molecular flexibility index (Phi) is 3.37. The SMILES string of the molecule is Nc1cc(Cl)ccc1C(=O)NC1CCC2CNCC21. The van der Waals surface area contributed by atoms with E-state index in [2.05, 4.69) is 10.6 Å². The highest BCUT2D eigenvalue weighted by atomic mass is 35.5. The third-order valence-corrected chi connectivity index (χ3v) is 4.57. The molecule has 1 heterocycles. The maximum atomic E-state index is 12.3. The second-order valence-corrected chi connectivity index (χ2v) is 5.91. The van der Waals surface area contributed by atoms with Crippen molar-refractivity contribution in [2.75, 3.05) is 18.8 Å². The number of carbonyl (C=O) groups is 1. The van der Waals surface area contributed by atoms with Gasteiger partial charge in [-0.25, -0.2) is 0 Å². The summed E-state index contributed by atoms with van der Waals surface area (Å²) in [5.41, 5.74) is 6.79. The van der Waals surface area contributed by atoms with Crippen molar-refractivity contribution in [3.8, 4) is 0 Å². The number of anilines is 1. The van der Waals surface area contributed by atoms with Gasteiger partial charge >= 0.3 is 0 Å². The van der Waals surface area contributed by atoms with Crippen molar-refractivity contribution in [2.24, 2.45) is 11.8 Å². The topological polar surface area (TPSA) is 67.2 Å². The molecule has 1 aromatic rings. The van der Waals surface area contributed by atoms with Crippen LogP contribution in [0.4, 0.5) is 5.69 Å². The predicted octanol–water partition coefficient (Wildman–Crippen LogP) is 1.65. The van der Waals surface area contributed by atoms with Gasteiger partial charge in [-0.2, -0.15) is 0 Å². The zero-order chi connectivity index (χ0) is 13.4. The van der Waals surface area contributed by atoms with Gasteiger partial charge in [-0.05, 0) is 49.4 Å². The van der Waals surface area contributed by atoms with E-state index in [1.807, 2.05) is 0 Å². The number of benzene rings is 1. The number of halogens is 1. The number of hydrogen-bond donors (Lipinski definition) is 3. The molecular formula is C14H18ClN3O. The standard InChI is InChI=1S/C14H18ClN3O/c15-9-2-3-10(12(16)5-9)14(19)18-13-4-1-8-6-17-7-11(8)13/h2-3,5,8,11,13,17H,1,4,6-7,16H2,(H,18,19). The van der Waals surface area contributed by atoms with Crippen LogP contribution < -0.4 is 16.4 Å². The summed E-state index contributed by atoms with van der Waals surface area (Å²) in [6, 6.07) is 5.27. The van der Waals surface area contributed by atoms with Crippen molar-refractivity contribution in [2.45, 2.75) is 18.9 Å². The molecule has 0 aromatic heterocycles. The van der Waals surface area contributed by atoms with Crippen molar-refractivity contribution in [1.29, 1.82) is 0 Å². The number of nitrogens with one attached hydrogen (secondary N) is 2. The molecule has 5 heteroatoms. The van der Waals surface area contributed by atoms with E-state index in [1.54, 1.807) is 18.2 Å². The van der Waals surface area contributed by atoms with Gasteiger partial charge < -0.3 is 16.4 Å². The van der Waals surface area contributed by atoms with Crippen molar-refractivity contribution in [1.82, 2.24) is 10.6 Å². The summed E-state index contributed by atoms with van der Waals surface area (Å²) in [7, 11) is 0. The fourth-order valence-corrected chi connectivity index (χ4v) is 3.49. The molecule has 102 valence electrons. The minimum absolute atomic E-state index is 0.0910. The molecule has 2 fully saturated rings. The monoisotopic (exact) mass is 279 g/mol. The molecule has 3 atom stereocenters. The molecule has 3 unspecified atom stereocenters. The average Bonchev–Trinajstić information content (AvgIpc) is 2.94. The summed E-state index contributed by atoms with van der Waals surface area (Å²) in [6.07, 6.45) is 2.26. The van der Waals surface area contributed by atoms with E-state index in [-0.39, 0.29) is 11.9 Å². The molecule has 4 N–H and O–H groups in total. The largest absolute Gasteiger partial charge is 0.398 e. The lowest BCUT2D eigenvalue weighted by Gasteiger charge is -2.20. The Balaban J connectivity index is 1.71. The molecule has 0 radical (unpaired) electrons. The van der Waals surface area contributed by atoms with E-state index in [1.165, 1.54) is 6.42 Å². The van der Waals surface area contributed by atoms with Crippen LogP contribution in [0.25, 0.3) is 0 Å². The quantitative estimate of drug-likeness (QED) is 0.721. The van der Waals surface area contributed by atoms with Gasteiger partial charge in [0.15, 0.2) is 0 Å². The summed E-state index contributed by atoms with van der Waals surface area (Å²) in [5.74, 6) is 1.19. The lowest BCUT2D eigenvalue weighted by atomic mass is 9.97. The summed E-state index contributed by atoms with van der Waals surface area (Å²) < 4.78 is 0. The van der Waals surface area contributed by atoms with Crippen LogP contribution in [0.3, 0.4) is 0 Å². The fraction of sp³-hybridized carbons (Fsp3) is 0.500. The first-order valence-corrected chi connectivity index (χ1v) is 7.09. The zero-order valence-corrected chi connectivity index (χ0v) is 11.4. The van der Waals surface area contributed by atoms with Crippen LogP contribution in [0.5, 0.6) is 0 Å². The van der Waals surface area contributed by atoms with E-state index >= 15 is 0 Å². The first-order valence-electron chi connectivity index (χ1n) is 6.72. The van der Waals surface area contributed by atoms with Crippen molar-refractivity contribution in [3.63, 3.8) is 0 Å². The van der Waals surface area contributed by atoms with Crippen molar-refractivity contribution in [3.05, 3.63) is 28.8 Å². The molecule has 4 nitrogen and oxygen atoms in total. The molecule has 1 aliphatic heterocycles. The highest BCUT2D eigenvalue weighted by Crippen LogP contribution is 2.34. The lowest BCUT2D eigenvalue weighted by molar-refractivity contribution is 0.0929. The first-order chi connectivity index (χ1) is 9.15. The maximum Gasteiger partial charge on any atom is 0.253 e. The minimum Gasteiger partial charge on any atom is -0.398 e. The Bertz CT molecular complexity index is 505. The smallest absolute Gasteiger partial charge is 0.253 e. The van der Waals surface area contributed by atoms with Crippen LogP contribution in [0.1, 0.15) is 23.2 Å². The highest BCUT2D eigenvalue weighted by molar-refractivity contribution is 6.31. The number of rotatable bonds is 2. The van der Waals surface area contributed by atoms with Gasteiger partial charge in [0.05, 0.1) is 5.56 Å². The Hall–Kier alpha value is -1.26. The highest BCUT2D eigenvalue weighted by Gasteiger charge is 2.39. The Morgan fingerprint density at radius 1 is 1.37 bits per heavy atom. The third-order valence-electron chi connectivity index (χ3n) is 4.33. The molecule has 1 saturated heterocycles. The minimum atomic E-state index is -0.0910. The Labute approximate surface area is 117 Å². The van der Waals surface area contributed by atoms with Gasteiger partial charge in [0.2, 0.25) is 0 Å². The van der Waals surface area contributed by atoms with Gasteiger partial charge in [-0.1, -0.05) is 11.6 Å². The second kappa shape index (κ2) is 5.02. The van der Waals surface area contributed by atoms with Crippen LogP contribution in [-0.4, -0.2) is 25.0 Å².